The number of nitrogens with one attached hydrogen (secondary N) is 8. The Labute approximate surface area is 486 Å². The number of nitrogens with zero attached hydrogens (tertiary/aromatic N) is 2. The van der Waals surface area contributed by atoms with Crippen LogP contribution >= 0.6 is 0 Å². The lowest BCUT2D eigenvalue weighted by atomic mass is 10.0. The molecule has 0 aliphatic rings. The molecule has 84 heavy (non-hydrogen) atoms. The van der Waals surface area contributed by atoms with Crippen molar-refractivity contribution < 1.29 is 68.1 Å². The minimum Gasteiger partial charge on any atom is -0.508 e. The van der Waals surface area contributed by atoms with E-state index in [1.54, 1.807) is 58.0 Å². The number of amides is 9. The summed E-state index contributed by atoms with van der Waals surface area (Å²) in [7, 11) is 0. The lowest BCUT2D eigenvalue weighted by Gasteiger charge is -2.28. The number of carbonyl (C=O) groups is 11. The Morgan fingerprint density at radius 1 is 0.464 bits per heavy atom. The quantitative estimate of drug-likeness (QED) is 0.0176. The number of aliphatic imine (C=N–C) groups is 2. The molecule has 9 amide bonds. The Bertz CT molecular complexity index is 2610. The number of guanidine groups is 2. The lowest BCUT2D eigenvalue weighted by Crippen LogP contribution is -2.60. The average molecular weight is 1180 g/mol. The van der Waals surface area contributed by atoms with E-state index >= 15 is 0 Å². The molecule has 0 saturated carbocycles. The van der Waals surface area contributed by atoms with Crippen molar-refractivity contribution in [3.8, 4) is 5.75 Å². The molecule has 0 spiro atoms. The standard InChI is InChI=1S/C54H84N16O14/c1-28(2)25-38(48(79)65-35(19-21-41(55)72)46(77)67-37(52(83)84)14-10-24-62-54(59)60)68-44(75)30(5)63-45(76)34(13-9-23-61-53(57)58)64-49(80)39(26-31-11-7-6-8-12-31)70-50(81)40(27-32-15-17-33(71)18-16-32)69-47(78)36(20-22-42(73)74)66-51(82)43(56)29(3)4/h6-8,11-12,15-18,28-30,34-40,43,71H,9-10,13-14,19-27,56H2,1-5H3,(H2,55,72)(H,63,76)(H,64,80)(H,65,79)(H,66,82)(H,67,77)(H,68,75)(H,69,78)(H,70,81)(H,73,74)(H,83,84)(H4,57,58,61)(H4,59,60,62)/t30-,34-,35-,36-,37-,38-,39-,40-,43-/m0/s1. The fraction of sp³-hybridized carbons (Fsp3) is 0.537. The maximum Gasteiger partial charge on any atom is 0.326 e. The summed E-state index contributed by atoms with van der Waals surface area (Å²) in [5.41, 5.74) is 34.1. The number of hydrogen-bond acceptors (Lipinski definition) is 15. The number of carbonyl (C=O) groups excluding carboxylic acids is 9. The van der Waals surface area contributed by atoms with Crippen LogP contribution in [0.1, 0.15) is 104 Å². The van der Waals surface area contributed by atoms with E-state index in [4.69, 9.17) is 34.4 Å². The fourth-order valence-electron chi connectivity index (χ4n) is 8.07. The first-order valence-electron chi connectivity index (χ1n) is 27.3. The van der Waals surface area contributed by atoms with Crippen molar-refractivity contribution in [1.29, 1.82) is 0 Å². The molecule has 0 bridgehead atoms. The number of primary amides is 1. The van der Waals surface area contributed by atoms with E-state index in [-0.39, 0.29) is 94.0 Å². The molecular formula is C54H84N16O14. The van der Waals surface area contributed by atoms with Crippen LogP contribution in [-0.2, 0) is 65.6 Å². The molecule has 0 aliphatic heterocycles. The van der Waals surface area contributed by atoms with Gasteiger partial charge in [0.2, 0.25) is 53.2 Å². The molecule has 0 aromatic heterocycles. The van der Waals surface area contributed by atoms with Gasteiger partial charge in [-0.25, -0.2) is 4.79 Å². The maximum atomic E-state index is 14.6. The molecule has 0 aliphatic carbocycles. The summed E-state index contributed by atoms with van der Waals surface area (Å²) in [5.74, 6) is -12.0. The Morgan fingerprint density at radius 3 is 1.31 bits per heavy atom. The van der Waals surface area contributed by atoms with Crippen LogP contribution in [0, 0.1) is 11.8 Å². The molecular weight excluding hydrogens is 1100 g/mol. The number of phenolic OH excluding ortho intramolecular Hbond substituents is 1. The fourth-order valence-corrected chi connectivity index (χ4v) is 8.07. The van der Waals surface area contributed by atoms with Gasteiger partial charge in [0.15, 0.2) is 11.9 Å². The second kappa shape index (κ2) is 36.4. The number of aromatic hydroxyl groups is 1. The Morgan fingerprint density at radius 2 is 0.857 bits per heavy atom. The molecule has 2 aromatic carbocycles. The largest absolute Gasteiger partial charge is 0.508 e. The molecule has 23 N–H and O–H groups in total. The first-order valence-corrected chi connectivity index (χ1v) is 27.3. The predicted molar refractivity (Wildman–Crippen MR) is 308 cm³/mol. The molecule has 0 radical (unpaired) electrons. The minimum atomic E-state index is -1.52. The predicted octanol–water partition coefficient (Wildman–Crippen LogP) is -3.57. The summed E-state index contributed by atoms with van der Waals surface area (Å²) in [6.07, 6.45) is -2.18. The van der Waals surface area contributed by atoms with Crippen molar-refractivity contribution >= 4 is 77.0 Å². The summed E-state index contributed by atoms with van der Waals surface area (Å²) in [5, 5.41) is 49.6. The highest BCUT2D eigenvalue weighted by Crippen LogP contribution is 2.15. The van der Waals surface area contributed by atoms with Crippen LogP contribution in [0.25, 0.3) is 0 Å². The molecule has 0 fully saturated rings. The van der Waals surface area contributed by atoms with Gasteiger partial charge < -0.3 is 92.3 Å². The second-order valence-electron chi connectivity index (χ2n) is 20.8. The minimum absolute atomic E-state index is 0.0149. The average Bonchev–Trinajstić information content (AvgIpc) is 3.53. The van der Waals surface area contributed by atoms with Crippen molar-refractivity contribution in [2.75, 3.05) is 13.1 Å². The summed E-state index contributed by atoms with van der Waals surface area (Å²) < 4.78 is 0. The van der Waals surface area contributed by atoms with Crippen LogP contribution in [0.5, 0.6) is 5.75 Å². The van der Waals surface area contributed by atoms with E-state index < -0.39 is 139 Å². The van der Waals surface area contributed by atoms with Crippen LogP contribution in [-0.4, -0.2) is 160 Å². The van der Waals surface area contributed by atoms with Gasteiger partial charge in [0.05, 0.1) is 6.04 Å². The highest BCUT2D eigenvalue weighted by atomic mass is 16.4. The van der Waals surface area contributed by atoms with Crippen LogP contribution in [0.2, 0.25) is 0 Å². The van der Waals surface area contributed by atoms with Crippen molar-refractivity contribution in [2.45, 2.75) is 160 Å². The van der Waals surface area contributed by atoms with Gasteiger partial charge in [-0.2, -0.15) is 0 Å². The van der Waals surface area contributed by atoms with E-state index in [1.165, 1.54) is 31.2 Å². The number of aliphatic carboxylic acids is 2. The van der Waals surface area contributed by atoms with Gasteiger partial charge in [0.1, 0.15) is 54.1 Å². The SMILES string of the molecule is CC(C)C[C@H](NC(=O)[C@H](C)NC(=O)[C@H](CCCN=C(N)N)NC(=O)[C@H](Cc1ccccc1)NC(=O)[C@H](Cc1ccc(O)cc1)NC(=O)[C@H](CCC(=O)O)NC(=O)[C@@H](N)C(C)C)C(=O)N[C@@H](CCC(N)=O)C(=O)N[C@@H](CCCN=C(N)N)C(=O)O. The number of rotatable bonds is 38. The number of phenols is 1. The van der Waals surface area contributed by atoms with Crippen LogP contribution in [0.4, 0.5) is 0 Å². The number of carboxylic acid groups (broad SMARTS) is 2. The first kappa shape index (κ1) is 71.0. The molecule has 2 rings (SSSR count). The molecule has 30 nitrogen and oxygen atoms in total. The summed E-state index contributed by atoms with van der Waals surface area (Å²) >= 11 is 0. The lowest BCUT2D eigenvalue weighted by molar-refractivity contribution is -0.142. The summed E-state index contributed by atoms with van der Waals surface area (Å²) in [6.45, 7) is 8.13. The maximum absolute atomic E-state index is 14.6. The topological polar surface area (TPSA) is 526 Å². The zero-order valence-electron chi connectivity index (χ0n) is 47.9. The monoisotopic (exact) mass is 1180 g/mol. The number of nitrogens with two attached hydrogens (primary N) is 6. The zero-order chi connectivity index (χ0) is 63.2. The van der Waals surface area contributed by atoms with Crippen molar-refractivity contribution in [1.82, 2.24) is 42.5 Å². The number of hydrogen-bond donors (Lipinski definition) is 17. The third-order valence-corrected chi connectivity index (χ3v) is 12.8. The second-order valence-corrected chi connectivity index (χ2v) is 20.8. The van der Waals surface area contributed by atoms with E-state index in [9.17, 15) is 68.1 Å². The van der Waals surface area contributed by atoms with E-state index in [1.807, 2.05) is 0 Å². The Balaban J connectivity index is 2.51. The summed E-state index contributed by atoms with van der Waals surface area (Å²) in [6, 6.07) is 1.24. The van der Waals surface area contributed by atoms with Crippen molar-refractivity contribution in [2.24, 2.45) is 56.2 Å². The normalized spacial score (nSPS) is 14.2. The van der Waals surface area contributed by atoms with Crippen molar-refractivity contribution in [3.63, 3.8) is 0 Å². The number of benzene rings is 2. The van der Waals surface area contributed by atoms with Gasteiger partial charge >= 0.3 is 11.9 Å². The Kier molecular flexibility index (Phi) is 30.8. The van der Waals surface area contributed by atoms with Gasteiger partial charge in [0, 0.05) is 38.8 Å². The molecule has 464 valence electrons. The van der Waals surface area contributed by atoms with Gasteiger partial charge in [-0.05, 0) is 87.0 Å². The van der Waals surface area contributed by atoms with Gasteiger partial charge in [-0.3, -0.25) is 57.9 Å². The molecule has 0 saturated heterocycles. The van der Waals surface area contributed by atoms with Gasteiger partial charge in [-0.1, -0.05) is 70.2 Å². The van der Waals surface area contributed by atoms with Gasteiger partial charge in [0.25, 0.3) is 0 Å². The highest BCUT2D eigenvalue weighted by Gasteiger charge is 2.35. The smallest absolute Gasteiger partial charge is 0.326 e. The third kappa shape index (κ3) is 27.6. The van der Waals surface area contributed by atoms with E-state index in [2.05, 4.69) is 52.5 Å². The van der Waals surface area contributed by atoms with E-state index in [0.29, 0.717) is 11.1 Å². The molecule has 9 atom stereocenters. The molecule has 0 unspecified atom stereocenters. The van der Waals surface area contributed by atoms with Crippen molar-refractivity contribution in [3.05, 3.63) is 65.7 Å². The Hall–Kier alpha value is -9.09. The van der Waals surface area contributed by atoms with Gasteiger partial charge in [-0.15, -0.1) is 0 Å². The van der Waals surface area contributed by atoms with E-state index in [0.717, 1.165) is 0 Å². The zero-order valence-corrected chi connectivity index (χ0v) is 47.9. The molecule has 2 aromatic rings. The highest BCUT2D eigenvalue weighted by molar-refractivity contribution is 5.98. The number of carboxylic acids is 2. The summed E-state index contributed by atoms with van der Waals surface area (Å²) in [4.78, 5) is 155. The van der Waals surface area contributed by atoms with Crippen LogP contribution in [0.15, 0.2) is 64.6 Å². The van der Waals surface area contributed by atoms with Crippen LogP contribution in [0.3, 0.4) is 0 Å². The molecule has 0 heterocycles. The first-order chi connectivity index (χ1) is 39.5. The molecule has 30 heteroatoms. The third-order valence-electron chi connectivity index (χ3n) is 12.8. The van der Waals surface area contributed by atoms with Crippen LogP contribution < -0.4 is 76.9 Å².